The van der Waals surface area contributed by atoms with Gasteiger partial charge in [0.05, 0.1) is 27.8 Å². The number of ether oxygens (including phenoxy) is 1. The number of hydrogen-bond acceptors (Lipinski definition) is 2. The Balaban J connectivity index is 0.00000444. The molecule has 0 spiro atoms. The average molecular weight is 1020 g/mol. The van der Waals surface area contributed by atoms with Gasteiger partial charge in [0.25, 0.3) is 6.33 Å². The van der Waals surface area contributed by atoms with Crippen LogP contribution in [0, 0.1) is 18.5 Å². The zero-order valence-electron chi connectivity index (χ0n) is 35.8. The zero-order chi connectivity index (χ0) is 42.7. The van der Waals surface area contributed by atoms with Crippen LogP contribution in [0.2, 0.25) is 0 Å². The Morgan fingerprint density at radius 2 is 1.08 bits per heavy atom. The van der Waals surface area contributed by atoms with E-state index in [9.17, 15) is 0 Å². The van der Waals surface area contributed by atoms with E-state index in [1.807, 2.05) is 24.4 Å². The molecule has 0 saturated heterocycles. The van der Waals surface area contributed by atoms with Gasteiger partial charge in [0.15, 0.2) is 0 Å². The van der Waals surface area contributed by atoms with E-state index in [1.54, 1.807) is 0 Å². The zero-order valence-corrected chi connectivity index (χ0v) is 38.1. The smallest absolute Gasteiger partial charge is 0.268 e. The van der Waals surface area contributed by atoms with E-state index in [0.29, 0.717) is 11.5 Å². The van der Waals surface area contributed by atoms with Crippen LogP contribution in [-0.4, -0.2) is 18.4 Å². The van der Waals surface area contributed by atoms with Crippen molar-refractivity contribution in [1.82, 2.24) is 18.4 Å². The maximum Gasteiger partial charge on any atom is 0.268 e. The Morgan fingerprint density at radius 3 is 1.82 bits per heavy atom. The van der Waals surface area contributed by atoms with E-state index in [0.717, 1.165) is 82.4 Å². The number of hydrogen-bond donors (Lipinski definition) is 0. The molecule has 0 N–H and O–H groups in total. The van der Waals surface area contributed by atoms with Crippen LogP contribution in [0.5, 0.6) is 11.5 Å². The molecule has 65 heavy (non-hydrogen) atoms. The number of benzene rings is 8. The summed E-state index contributed by atoms with van der Waals surface area (Å²) in [7, 11) is 0. The molecular weight excluding hydrogens is 978 g/mol. The van der Waals surface area contributed by atoms with E-state index >= 15 is 0 Å². The second kappa shape index (κ2) is 14.8. The van der Waals surface area contributed by atoms with Gasteiger partial charge < -0.3 is 18.1 Å². The van der Waals surface area contributed by atoms with Crippen molar-refractivity contribution in [1.29, 1.82) is 0 Å². The molecule has 7 heteroatoms. The van der Waals surface area contributed by atoms with Crippen LogP contribution in [-0.2, 0) is 26.5 Å². The first-order valence-electron chi connectivity index (χ1n) is 21.7. The maximum absolute atomic E-state index is 6.87. The summed E-state index contributed by atoms with van der Waals surface area (Å²) in [6, 6.07) is 69.7. The summed E-state index contributed by atoms with van der Waals surface area (Å²) in [4.78, 5) is 4.89. The number of aromatic nitrogens is 5. The molecule has 0 aliphatic heterocycles. The molecule has 0 atom stereocenters. The molecule has 0 aliphatic carbocycles. The molecule has 6 nitrogen and oxygen atoms in total. The number of imidazole rings is 1. The Hall–Kier alpha value is -7.53. The van der Waals surface area contributed by atoms with Crippen molar-refractivity contribution in [2.45, 2.75) is 26.2 Å². The van der Waals surface area contributed by atoms with E-state index < -0.39 is 0 Å². The van der Waals surface area contributed by atoms with E-state index in [-0.39, 0.29) is 26.5 Å². The van der Waals surface area contributed by atoms with Gasteiger partial charge in [-0.25, -0.2) is 4.98 Å². The molecule has 0 aliphatic rings. The quantitative estimate of drug-likeness (QED) is 0.130. The molecule has 0 fully saturated rings. The normalized spacial score (nSPS) is 12.1. The van der Waals surface area contributed by atoms with Crippen LogP contribution in [0.1, 0.15) is 26.3 Å². The topological polar surface area (TPSA) is 39.8 Å². The first kappa shape index (κ1) is 39.1. The average Bonchev–Trinajstić information content (AvgIpc) is 4.00. The van der Waals surface area contributed by atoms with E-state index in [4.69, 9.17) is 9.72 Å². The Labute approximate surface area is 389 Å². The molecule has 0 radical (unpaired) electrons. The third-order valence-electron chi connectivity index (χ3n) is 12.9. The molecular formula is C58H39N5OPt-2. The summed E-state index contributed by atoms with van der Waals surface area (Å²) in [5, 5.41) is 9.02. The predicted molar refractivity (Wildman–Crippen MR) is 260 cm³/mol. The summed E-state index contributed by atoms with van der Waals surface area (Å²) >= 11 is 0. The number of nitrogens with zero attached hydrogens (tertiary/aromatic N) is 5. The number of rotatable bonds is 4. The molecule has 5 heterocycles. The van der Waals surface area contributed by atoms with Crippen LogP contribution in [0.4, 0.5) is 0 Å². The molecule has 13 aromatic rings. The van der Waals surface area contributed by atoms with Gasteiger partial charge >= 0.3 is 0 Å². The van der Waals surface area contributed by atoms with Crippen molar-refractivity contribution in [3.8, 4) is 23.0 Å². The fraction of sp³-hybridized carbons (Fsp3) is 0.0690. The van der Waals surface area contributed by atoms with Crippen LogP contribution < -0.4 is 9.30 Å². The Bertz CT molecular complexity index is 4100. The third-order valence-corrected chi connectivity index (χ3v) is 12.9. The fourth-order valence-corrected chi connectivity index (χ4v) is 9.90. The van der Waals surface area contributed by atoms with Gasteiger partial charge in [-0.05, 0) is 69.7 Å². The van der Waals surface area contributed by atoms with E-state index in [1.165, 1.54) is 21.9 Å². The molecule has 0 saturated carbocycles. The molecule has 0 amide bonds. The van der Waals surface area contributed by atoms with Gasteiger partial charge in [-0.2, -0.15) is 12.1 Å². The first-order valence-corrected chi connectivity index (χ1v) is 21.7. The molecule has 0 bridgehead atoms. The van der Waals surface area contributed by atoms with E-state index in [2.05, 4.69) is 215 Å². The predicted octanol–water partition coefficient (Wildman–Crippen LogP) is 13.8. The van der Waals surface area contributed by atoms with Crippen molar-refractivity contribution in [2.75, 3.05) is 0 Å². The molecule has 0 unspecified atom stereocenters. The van der Waals surface area contributed by atoms with Gasteiger partial charge in [-0.1, -0.05) is 141 Å². The van der Waals surface area contributed by atoms with Gasteiger partial charge in [0.1, 0.15) is 11.3 Å². The second-order valence-corrected chi connectivity index (χ2v) is 17.6. The third kappa shape index (κ3) is 5.97. The summed E-state index contributed by atoms with van der Waals surface area (Å²) < 4.78 is 15.9. The van der Waals surface area contributed by atoms with Gasteiger partial charge in [-0.3, -0.25) is 4.57 Å². The molecule has 8 aromatic carbocycles. The summed E-state index contributed by atoms with van der Waals surface area (Å²) in [5.41, 5.74) is 10.3. The SMILES string of the molecule is CC(C)(C)c1ccnc(-n2c3[c-]c(Oc4[c-]c5c(cc4)c4ccccc4c4cccc6c7ccccc7n(c7cccc8c7n5[c-][n+]8-c5ccccc5)c46)ccc3c3ccccc32)c1.[Pt]. The summed E-state index contributed by atoms with van der Waals surface area (Å²) in [6.07, 6.45) is 5.74. The maximum atomic E-state index is 6.87. The van der Waals surface area contributed by atoms with Crippen LogP contribution in [0.15, 0.2) is 182 Å². The van der Waals surface area contributed by atoms with Crippen molar-refractivity contribution in [3.05, 3.63) is 206 Å². The van der Waals surface area contributed by atoms with Gasteiger partial charge in [-0.15, -0.1) is 35.0 Å². The fourth-order valence-electron chi connectivity index (χ4n) is 9.90. The van der Waals surface area contributed by atoms with Crippen LogP contribution >= 0.6 is 0 Å². The van der Waals surface area contributed by atoms with Gasteiger partial charge in [0, 0.05) is 60.4 Å². The van der Waals surface area contributed by atoms with Crippen molar-refractivity contribution in [3.63, 3.8) is 0 Å². The standard InChI is InChI=1S/C58H39N5O.Pt/c1-58(2,3)37-31-32-59-55(33-37)62-49-23-11-9-19-43(49)46-30-28-40(35-54(46)62)64-39-27-29-45-41-17-7-8-18-42(41)47-21-13-22-48-44-20-10-12-24-50(44)63(56(47)48)52-26-14-25-51-57(52)61(53(45)34-39)36-60(51)38-15-5-4-6-16-38;/h4-33H,1-3H3;/q-2;. The molecule has 13 rings (SSSR count). The summed E-state index contributed by atoms with van der Waals surface area (Å²) in [5.74, 6) is 1.99. The minimum absolute atomic E-state index is 0. The second-order valence-electron chi connectivity index (χ2n) is 17.6. The minimum Gasteiger partial charge on any atom is -0.510 e. The van der Waals surface area contributed by atoms with Crippen LogP contribution in [0.3, 0.4) is 0 Å². The molecule has 314 valence electrons. The number of para-hydroxylation sites is 5. The number of fused-ring (bicyclic) bond motifs is 12. The van der Waals surface area contributed by atoms with Crippen molar-refractivity contribution in [2.24, 2.45) is 0 Å². The largest absolute Gasteiger partial charge is 0.510 e. The monoisotopic (exact) mass is 1020 g/mol. The minimum atomic E-state index is -0.0395. The first-order chi connectivity index (χ1) is 31.4. The number of pyridine rings is 1. The Kier molecular flexibility index (Phi) is 8.88. The molecule has 5 aromatic heterocycles. The van der Waals surface area contributed by atoms with Crippen LogP contribution in [0.25, 0.3) is 98.7 Å². The van der Waals surface area contributed by atoms with Crippen molar-refractivity contribution < 1.29 is 30.4 Å². The Morgan fingerprint density at radius 1 is 0.508 bits per heavy atom. The van der Waals surface area contributed by atoms with Gasteiger partial charge in [0.2, 0.25) is 0 Å². The summed E-state index contributed by atoms with van der Waals surface area (Å²) in [6.45, 7) is 6.69. The van der Waals surface area contributed by atoms with Crippen molar-refractivity contribution >= 4 is 87.2 Å².